The van der Waals surface area contributed by atoms with Gasteiger partial charge in [0.05, 0.1) is 10.0 Å². The maximum Gasteiger partial charge on any atom is 0.221 e. The lowest BCUT2D eigenvalue weighted by molar-refractivity contribution is -0.117. The second-order valence-corrected chi connectivity index (χ2v) is 7.49. The Labute approximate surface area is 165 Å². The maximum absolute atomic E-state index is 11.6. The fourth-order valence-corrected chi connectivity index (χ4v) is 4.02. The lowest BCUT2D eigenvalue weighted by Gasteiger charge is -2.28. The van der Waals surface area contributed by atoms with Crippen molar-refractivity contribution in [3.8, 4) is 0 Å². The molecule has 0 heterocycles. The molecule has 1 aliphatic carbocycles. The molecule has 0 unspecified atom stereocenters. The number of benzene rings is 2. The smallest absolute Gasteiger partial charge is 0.221 e. The summed E-state index contributed by atoms with van der Waals surface area (Å²) in [5.74, 6) is 0.154. The summed E-state index contributed by atoms with van der Waals surface area (Å²) in [4.78, 5) is 11.6. The van der Waals surface area contributed by atoms with Gasteiger partial charge in [0.25, 0.3) is 0 Å². The van der Waals surface area contributed by atoms with Gasteiger partial charge >= 0.3 is 0 Å². The van der Waals surface area contributed by atoms with Gasteiger partial charge in [-0.05, 0) is 59.7 Å². The van der Waals surface area contributed by atoms with Gasteiger partial charge in [-0.25, -0.2) is 0 Å². The molecule has 1 amide bonds. The third kappa shape index (κ3) is 3.67. The Hall–Kier alpha value is -1.77. The highest BCUT2D eigenvalue weighted by atomic mass is 35.5. The van der Waals surface area contributed by atoms with Crippen LogP contribution in [-0.2, 0) is 17.6 Å². The number of allylic oxidation sites excluding steroid dienone is 1. The number of aryl methyl sites for hydroxylation is 2. The lowest BCUT2D eigenvalue weighted by Crippen LogP contribution is -2.22. The molecule has 4 heteroatoms. The Morgan fingerprint density at radius 2 is 1.77 bits per heavy atom. The Bertz CT molecular complexity index is 886. The number of amides is 1. The van der Waals surface area contributed by atoms with Crippen LogP contribution in [0.25, 0.3) is 5.70 Å². The van der Waals surface area contributed by atoms with Crippen LogP contribution < -0.4 is 5.32 Å². The molecular formula is C22H23Cl2NO. The number of halogens is 2. The summed E-state index contributed by atoms with van der Waals surface area (Å²) in [6.45, 7) is 5.90. The fraction of sp³-hybridized carbons (Fsp3) is 0.318. The number of hydrogen-bond acceptors (Lipinski definition) is 1. The minimum absolute atomic E-state index is 0.0483. The molecule has 1 aliphatic rings. The molecule has 0 aliphatic heterocycles. The van der Waals surface area contributed by atoms with Crippen molar-refractivity contribution < 1.29 is 4.79 Å². The Morgan fingerprint density at radius 3 is 2.38 bits per heavy atom. The number of hydrogen-bond donors (Lipinski definition) is 1. The van der Waals surface area contributed by atoms with Crippen LogP contribution in [0.3, 0.4) is 0 Å². The molecule has 0 saturated carbocycles. The zero-order valence-electron chi connectivity index (χ0n) is 15.3. The van der Waals surface area contributed by atoms with Crippen molar-refractivity contribution in [2.75, 3.05) is 0 Å². The largest absolute Gasteiger partial charge is 0.326 e. The zero-order chi connectivity index (χ0) is 18.8. The molecule has 3 rings (SSSR count). The molecule has 0 bridgehead atoms. The van der Waals surface area contributed by atoms with E-state index in [1.54, 1.807) is 6.92 Å². The van der Waals surface area contributed by atoms with E-state index in [0.717, 1.165) is 36.1 Å². The fourth-order valence-electron chi connectivity index (χ4n) is 3.71. The molecule has 26 heavy (non-hydrogen) atoms. The first-order valence-electron chi connectivity index (χ1n) is 9.03. The second kappa shape index (κ2) is 7.85. The van der Waals surface area contributed by atoms with Crippen molar-refractivity contribution in [1.82, 2.24) is 5.32 Å². The molecule has 2 aromatic carbocycles. The van der Waals surface area contributed by atoms with Crippen LogP contribution in [0.5, 0.6) is 0 Å². The molecule has 0 fully saturated rings. The molecule has 0 spiro atoms. The number of nitrogens with one attached hydrogen (secondary N) is 1. The highest BCUT2D eigenvalue weighted by Crippen LogP contribution is 2.40. The zero-order valence-corrected chi connectivity index (χ0v) is 16.8. The lowest BCUT2D eigenvalue weighted by atomic mass is 9.78. The molecule has 0 radical (unpaired) electrons. The summed E-state index contributed by atoms with van der Waals surface area (Å²) >= 11 is 12.4. The molecular weight excluding hydrogens is 365 g/mol. The van der Waals surface area contributed by atoms with E-state index < -0.39 is 0 Å². The van der Waals surface area contributed by atoms with Gasteiger partial charge in [-0.3, -0.25) is 4.79 Å². The van der Waals surface area contributed by atoms with Crippen molar-refractivity contribution in [1.29, 1.82) is 0 Å². The average Bonchev–Trinajstić information content (AvgIpc) is 2.62. The molecule has 1 atom stereocenters. The molecule has 2 aromatic rings. The van der Waals surface area contributed by atoms with E-state index in [0.29, 0.717) is 10.0 Å². The molecule has 0 aromatic heterocycles. The van der Waals surface area contributed by atoms with E-state index in [2.05, 4.69) is 37.4 Å². The van der Waals surface area contributed by atoms with Crippen molar-refractivity contribution >= 4 is 34.8 Å². The van der Waals surface area contributed by atoms with Crippen LogP contribution in [0.1, 0.15) is 60.9 Å². The average molecular weight is 388 g/mol. The van der Waals surface area contributed by atoms with Crippen LogP contribution >= 0.6 is 23.2 Å². The number of rotatable bonds is 4. The summed E-state index contributed by atoms with van der Waals surface area (Å²) < 4.78 is 0. The topological polar surface area (TPSA) is 29.1 Å². The summed E-state index contributed by atoms with van der Waals surface area (Å²) in [6, 6.07) is 10.4. The van der Waals surface area contributed by atoms with Gasteiger partial charge in [0.15, 0.2) is 0 Å². The normalized spacial score (nSPS) is 16.0. The van der Waals surface area contributed by atoms with Gasteiger partial charge in [0.1, 0.15) is 0 Å². The third-order valence-corrected chi connectivity index (χ3v) is 5.75. The van der Waals surface area contributed by atoms with Gasteiger partial charge in [0.2, 0.25) is 5.91 Å². The minimum Gasteiger partial charge on any atom is -0.326 e. The molecule has 2 nitrogen and oxygen atoms in total. The number of carbonyl (C=O) groups is 1. The van der Waals surface area contributed by atoms with Crippen molar-refractivity contribution in [2.45, 2.75) is 46.0 Å². The van der Waals surface area contributed by atoms with Crippen molar-refractivity contribution in [2.24, 2.45) is 0 Å². The Kier molecular flexibility index (Phi) is 5.74. The van der Waals surface area contributed by atoms with E-state index in [1.165, 1.54) is 16.7 Å². The minimum atomic E-state index is -0.0483. The van der Waals surface area contributed by atoms with Crippen LogP contribution in [0.15, 0.2) is 36.4 Å². The summed E-state index contributed by atoms with van der Waals surface area (Å²) in [7, 11) is 0. The van der Waals surface area contributed by atoms with E-state index in [9.17, 15) is 4.79 Å². The maximum atomic E-state index is 11.6. The summed E-state index contributed by atoms with van der Waals surface area (Å²) in [5.41, 5.74) is 7.09. The van der Waals surface area contributed by atoms with Gasteiger partial charge in [0, 0.05) is 24.1 Å². The first kappa shape index (κ1) is 19.0. The molecule has 136 valence electrons. The first-order chi connectivity index (χ1) is 12.4. The van der Waals surface area contributed by atoms with Crippen LogP contribution in [0.4, 0.5) is 0 Å². The highest BCUT2D eigenvalue weighted by molar-refractivity contribution is 6.42. The predicted octanol–water partition coefficient (Wildman–Crippen LogP) is 6.13. The third-order valence-electron chi connectivity index (χ3n) is 5.01. The number of carbonyl (C=O) groups excluding carboxylic acids is 1. The monoisotopic (exact) mass is 387 g/mol. The van der Waals surface area contributed by atoms with Crippen molar-refractivity contribution in [3.05, 3.63) is 74.3 Å². The summed E-state index contributed by atoms with van der Waals surface area (Å²) in [6.07, 6.45) is 4.89. The quantitative estimate of drug-likeness (QED) is 0.671. The van der Waals surface area contributed by atoms with Crippen LogP contribution in [-0.4, -0.2) is 5.91 Å². The van der Waals surface area contributed by atoms with Gasteiger partial charge in [-0.2, -0.15) is 0 Å². The van der Waals surface area contributed by atoms with Crippen LogP contribution in [0.2, 0.25) is 10.0 Å². The van der Waals surface area contributed by atoms with Gasteiger partial charge < -0.3 is 5.32 Å². The Balaban J connectivity index is 2.15. The number of fused-ring (bicyclic) bond motifs is 1. The van der Waals surface area contributed by atoms with Gasteiger partial charge in [-0.15, -0.1) is 0 Å². The standard InChI is InChI=1S/C22H23Cl2NO/c1-4-14-10-18-17(16-6-8-20(23)21(24)12-16)7-9-22(25-13(3)26)19(18)11-15(14)5-2/h6,8-12,17H,4-5,7H2,1-3H3,(H,25,26)/t17-/m0/s1. The van der Waals surface area contributed by atoms with Crippen LogP contribution in [0, 0.1) is 0 Å². The predicted molar refractivity (Wildman–Crippen MR) is 110 cm³/mol. The molecule has 0 saturated heterocycles. The SMILES string of the molecule is CCc1cc2c(cc1CC)[C@H](c1ccc(Cl)c(Cl)c1)CC=C2NC(C)=O. The second-order valence-electron chi connectivity index (χ2n) is 6.68. The van der Waals surface area contributed by atoms with E-state index in [-0.39, 0.29) is 11.8 Å². The van der Waals surface area contributed by atoms with Crippen molar-refractivity contribution in [3.63, 3.8) is 0 Å². The van der Waals surface area contributed by atoms with Gasteiger partial charge in [-0.1, -0.05) is 55.3 Å². The highest BCUT2D eigenvalue weighted by Gasteiger charge is 2.25. The van der Waals surface area contributed by atoms with E-state index in [4.69, 9.17) is 23.2 Å². The Morgan fingerprint density at radius 1 is 1.08 bits per heavy atom. The first-order valence-corrected chi connectivity index (χ1v) is 9.78. The molecule has 1 N–H and O–H groups in total. The van der Waals surface area contributed by atoms with E-state index >= 15 is 0 Å². The van der Waals surface area contributed by atoms with E-state index in [1.807, 2.05) is 18.2 Å². The summed E-state index contributed by atoms with van der Waals surface area (Å²) in [5, 5.41) is 4.13.